The molecule has 5 heteroatoms. The Morgan fingerprint density at radius 3 is 3.00 bits per heavy atom. The van der Waals surface area contributed by atoms with Crippen LogP contribution in [0.25, 0.3) is 0 Å². The molecule has 0 aliphatic carbocycles. The molecule has 0 saturated carbocycles. The van der Waals surface area contributed by atoms with Gasteiger partial charge in [-0.15, -0.1) is 11.3 Å². The highest BCUT2D eigenvalue weighted by molar-refractivity contribution is 7.11. The largest absolute Gasteiger partial charge is 0.399 e. The first-order valence-corrected chi connectivity index (χ1v) is 5.42. The molecule has 15 heavy (non-hydrogen) atoms. The maximum absolute atomic E-state index is 5.64. The van der Waals surface area contributed by atoms with Crippen molar-refractivity contribution in [3.63, 3.8) is 0 Å². The van der Waals surface area contributed by atoms with Gasteiger partial charge in [0, 0.05) is 29.0 Å². The van der Waals surface area contributed by atoms with Gasteiger partial charge in [-0.1, -0.05) is 0 Å². The molecule has 2 aromatic heterocycles. The molecule has 2 aromatic rings. The number of nitrogens with two attached hydrogens (primary N) is 1. The van der Waals surface area contributed by atoms with E-state index >= 15 is 0 Å². The van der Waals surface area contributed by atoms with E-state index in [0.29, 0.717) is 12.2 Å². The van der Waals surface area contributed by atoms with Gasteiger partial charge in [-0.3, -0.25) is 0 Å². The molecule has 0 spiro atoms. The monoisotopic (exact) mass is 220 g/mol. The smallest absolute Gasteiger partial charge is 0.128 e. The first-order chi connectivity index (χ1) is 7.24. The molecule has 0 unspecified atom stereocenters. The summed E-state index contributed by atoms with van der Waals surface area (Å²) in [6.45, 7) is 2.73. The molecule has 0 aliphatic heterocycles. The number of aryl methyl sites for hydroxylation is 1. The van der Waals surface area contributed by atoms with Crippen molar-refractivity contribution in [2.24, 2.45) is 0 Å². The molecule has 0 aromatic carbocycles. The summed E-state index contributed by atoms with van der Waals surface area (Å²) in [5.74, 6) is 0.780. The van der Waals surface area contributed by atoms with Crippen molar-refractivity contribution in [2.75, 3.05) is 11.1 Å². The van der Waals surface area contributed by atoms with Crippen molar-refractivity contribution >= 4 is 22.8 Å². The Morgan fingerprint density at radius 2 is 2.33 bits per heavy atom. The Balaban J connectivity index is 1.99. The molecule has 2 rings (SSSR count). The minimum atomic E-state index is 0.689. The van der Waals surface area contributed by atoms with E-state index in [-0.39, 0.29) is 0 Å². The van der Waals surface area contributed by atoms with E-state index in [2.05, 4.69) is 15.3 Å². The average molecular weight is 220 g/mol. The fourth-order valence-corrected chi connectivity index (χ4v) is 1.92. The molecule has 78 valence electrons. The van der Waals surface area contributed by atoms with E-state index in [4.69, 9.17) is 5.73 Å². The zero-order valence-electron chi connectivity index (χ0n) is 8.40. The average Bonchev–Trinajstić information content (AvgIpc) is 2.62. The highest BCUT2D eigenvalue weighted by Gasteiger charge is 1.99. The Labute approximate surface area is 92.2 Å². The number of nitrogens with one attached hydrogen (secondary N) is 1. The van der Waals surface area contributed by atoms with E-state index in [1.807, 2.05) is 13.1 Å². The normalized spacial score (nSPS) is 10.2. The molecule has 0 radical (unpaired) electrons. The number of aromatic nitrogens is 2. The van der Waals surface area contributed by atoms with E-state index < -0.39 is 0 Å². The molecule has 2 heterocycles. The van der Waals surface area contributed by atoms with Crippen LogP contribution in [-0.4, -0.2) is 9.97 Å². The number of hydrogen-bond donors (Lipinski definition) is 2. The van der Waals surface area contributed by atoms with Crippen LogP contribution in [-0.2, 0) is 6.54 Å². The summed E-state index contributed by atoms with van der Waals surface area (Å²) in [6.07, 6.45) is 3.55. The van der Waals surface area contributed by atoms with Crippen molar-refractivity contribution in [3.8, 4) is 0 Å². The SMILES string of the molecule is Cc1cnc(CNc2cc(N)ccn2)s1. The van der Waals surface area contributed by atoms with Crippen LogP contribution in [0, 0.1) is 6.92 Å². The van der Waals surface area contributed by atoms with Gasteiger partial charge in [0.25, 0.3) is 0 Å². The number of thiazole rings is 1. The van der Waals surface area contributed by atoms with E-state index in [1.165, 1.54) is 4.88 Å². The number of anilines is 2. The van der Waals surface area contributed by atoms with Gasteiger partial charge in [0.15, 0.2) is 0 Å². The second-order valence-corrected chi connectivity index (χ2v) is 4.51. The first kappa shape index (κ1) is 9.92. The number of rotatable bonds is 3. The van der Waals surface area contributed by atoms with E-state index in [1.54, 1.807) is 29.7 Å². The van der Waals surface area contributed by atoms with Gasteiger partial charge in [-0.2, -0.15) is 0 Å². The fourth-order valence-electron chi connectivity index (χ4n) is 1.19. The van der Waals surface area contributed by atoms with Crippen LogP contribution in [0.1, 0.15) is 9.88 Å². The van der Waals surface area contributed by atoms with Crippen LogP contribution < -0.4 is 11.1 Å². The topological polar surface area (TPSA) is 63.8 Å². The van der Waals surface area contributed by atoms with Crippen molar-refractivity contribution in [1.29, 1.82) is 0 Å². The predicted octanol–water partition coefficient (Wildman–Crippen LogP) is 2.04. The molecule has 0 fully saturated rings. The lowest BCUT2D eigenvalue weighted by molar-refractivity contribution is 1.08. The molecule has 0 aliphatic rings. The maximum atomic E-state index is 5.64. The van der Waals surface area contributed by atoms with Crippen molar-refractivity contribution < 1.29 is 0 Å². The molecule has 3 N–H and O–H groups in total. The van der Waals surface area contributed by atoms with Gasteiger partial charge in [0.2, 0.25) is 0 Å². The minimum Gasteiger partial charge on any atom is -0.399 e. The number of nitrogen functional groups attached to an aromatic ring is 1. The molecule has 0 atom stereocenters. The number of hydrogen-bond acceptors (Lipinski definition) is 5. The second kappa shape index (κ2) is 4.27. The second-order valence-electron chi connectivity index (χ2n) is 3.19. The minimum absolute atomic E-state index is 0.689. The molecular formula is C10H12N4S. The van der Waals surface area contributed by atoms with Gasteiger partial charge >= 0.3 is 0 Å². The quantitative estimate of drug-likeness (QED) is 0.830. The first-order valence-electron chi connectivity index (χ1n) is 4.61. The molecule has 0 bridgehead atoms. The highest BCUT2D eigenvalue weighted by Crippen LogP contribution is 2.13. The molecular weight excluding hydrogens is 208 g/mol. The lowest BCUT2D eigenvalue weighted by Gasteiger charge is -2.03. The maximum Gasteiger partial charge on any atom is 0.128 e. The Morgan fingerprint density at radius 1 is 1.47 bits per heavy atom. The summed E-state index contributed by atoms with van der Waals surface area (Å²) in [7, 11) is 0. The summed E-state index contributed by atoms with van der Waals surface area (Å²) in [6, 6.07) is 3.57. The fraction of sp³-hybridized carbons (Fsp3) is 0.200. The summed E-state index contributed by atoms with van der Waals surface area (Å²) in [5.41, 5.74) is 6.35. The Hall–Kier alpha value is -1.62. The van der Waals surface area contributed by atoms with Crippen molar-refractivity contribution in [3.05, 3.63) is 34.4 Å². The van der Waals surface area contributed by atoms with Gasteiger partial charge in [0.1, 0.15) is 10.8 Å². The zero-order chi connectivity index (χ0) is 10.7. The highest BCUT2D eigenvalue weighted by atomic mass is 32.1. The third kappa shape index (κ3) is 2.66. The van der Waals surface area contributed by atoms with Gasteiger partial charge in [-0.25, -0.2) is 9.97 Å². The van der Waals surface area contributed by atoms with Crippen LogP contribution in [0.3, 0.4) is 0 Å². The van der Waals surface area contributed by atoms with Crippen LogP contribution in [0.4, 0.5) is 11.5 Å². The van der Waals surface area contributed by atoms with Crippen molar-refractivity contribution in [1.82, 2.24) is 9.97 Å². The number of pyridine rings is 1. The lowest BCUT2D eigenvalue weighted by atomic mass is 10.4. The Kier molecular flexibility index (Phi) is 2.82. The van der Waals surface area contributed by atoms with Crippen LogP contribution in [0.2, 0.25) is 0 Å². The predicted molar refractivity (Wildman–Crippen MR) is 62.8 cm³/mol. The summed E-state index contributed by atoms with van der Waals surface area (Å²) in [4.78, 5) is 9.61. The molecule has 0 amide bonds. The van der Waals surface area contributed by atoms with Crippen LogP contribution >= 0.6 is 11.3 Å². The van der Waals surface area contributed by atoms with E-state index in [0.717, 1.165) is 10.8 Å². The third-order valence-corrected chi connectivity index (χ3v) is 2.79. The van der Waals surface area contributed by atoms with Gasteiger partial charge in [0.05, 0.1) is 6.54 Å². The lowest BCUT2D eigenvalue weighted by Crippen LogP contribution is -2.01. The van der Waals surface area contributed by atoms with Crippen molar-refractivity contribution in [2.45, 2.75) is 13.5 Å². The Bertz CT molecular complexity index is 452. The van der Waals surface area contributed by atoms with Crippen LogP contribution in [0.15, 0.2) is 24.5 Å². The zero-order valence-corrected chi connectivity index (χ0v) is 9.21. The van der Waals surface area contributed by atoms with Crippen LogP contribution in [0.5, 0.6) is 0 Å². The standard InChI is InChI=1S/C10H12N4S/c1-7-5-14-10(15-7)6-13-9-4-8(11)2-3-12-9/h2-5H,6H2,1H3,(H3,11,12,13). The summed E-state index contributed by atoms with van der Waals surface area (Å²) in [5, 5.41) is 4.22. The molecule has 4 nitrogen and oxygen atoms in total. The van der Waals surface area contributed by atoms with Gasteiger partial charge in [-0.05, 0) is 13.0 Å². The third-order valence-electron chi connectivity index (χ3n) is 1.87. The summed E-state index contributed by atoms with van der Waals surface area (Å²) >= 11 is 1.68. The number of nitrogens with zero attached hydrogens (tertiary/aromatic N) is 2. The molecule has 0 saturated heterocycles. The van der Waals surface area contributed by atoms with Gasteiger partial charge < -0.3 is 11.1 Å². The van der Waals surface area contributed by atoms with E-state index in [9.17, 15) is 0 Å². The summed E-state index contributed by atoms with van der Waals surface area (Å²) < 4.78 is 0.